The van der Waals surface area contributed by atoms with Crippen LogP contribution in [0, 0.1) is 0 Å². The van der Waals surface area contributed by atoms with Crippen molar-refractivity contribution in [3.8, 4) is 0 Å². The molecule has 0 saturated heterocycles. The van der Waals surface area contributed by atoms with Gasteiger partial charge in [0, 0.05) is 6.42 Å². The Balaban J connectivity index is 2.30. The summed E-state index contributed by atoms with van der Waals surface area (Å²) in [4.78, 5) is 4.46. The van der Waals surface area contributed by atoms with Gasteiger partial charge in [-0.2, -0.15) is 0 Å². The van der Waals surface area contributed by atoms with Gasteiger partial charge >= 0.3 is 0 Å². The van der Waals surface area contributed by atoms with E-state index in [1.54, 1.807) is 0 Å². The van der Waals surface area contributed by atoms with Gasteiger partial charge in [0.05, 0.1) is 11.9 Å². The molecule has 0 aromatic heterocycles. The van der Waals surface area contributed by atoms with Crippen LogP contribution < -0.4 is 5.73 Å². The molecule has 0 unspecified atom stereocenters. The van der Waals surface area contributed by atoms with Crippen molar-refractivity contribution in [2.24, 2.45) is 10.7 Å². The molecule has 0 aliphatic heterocycles. The molecule has 1 aliphatic carbocycles. The predicted molar refractivity (Wildman–Crippen MR) is 48.8 cm³/mol. The molecule has 0 bridgehead atoms. The van der Waals surface area contributed by atoms with E-state index in [9.17, 15) is 0 Å². The molecule has 1 saturated carbocycles. The first-order valence-corrected chi connectivity index (χ1v) is 4.65. The van der Waals surface area contributed by atoms with Crippen molar-refractivity contribution >= 4 is 5.84 Å². The number of nitrogens with zero attached hydrogens (tertiary/aromatic N) is 1. The third-order valence-electron chi connectivity index (χ3n) is 2.18. The molecule has 0 heterocycles. The average molecular weight is 154 g/mol. The van der Waals surface area contributed by atoms with Crippen molar-refractivity contribution in [3.05, 3.63) is 0 Å². The molecule has 0 radical (unpaired) electrons. The van der Waals surface area contributed by atoms with Crippen molar-refractivity contribution < 1.29 is 0 Å². The lowest BCUT2D eigenvalue weighted by Crippen LogP contribution is -2.14. The first kappa shape index (κ1) is 8.57. The Kier molecular flexibility index (Phi) is 3.40. The highest BCUT2D eigenvalue weighted by atomic mass is 14.9. The molecule has 0 spiro atoms. The van der Waals surface area contributed by atoms with Gasteiger partial charge in [-0.05, 0) is 19.3 Å². The fraction of sp³-hybridized carbons (Fsp3) is 0.889. The lowest BCUT2D eigenvalue weighted by molar-refractivity contribution is 0.701. The van der Waals surface area contributed by atoms with Gasteiger partial charge in [-0.15, -0.1) is 0 Å². The van der Waals surface area contributed by atoms with Crippen LogP contribution in [0.15, 0.2) is 4.99 Å². The molecular formula is C9H18N2. The van der Waals surface area contributed by atoms with Crippen LogP contribution in [0.25, 0.3) is 0 Å². The van der Waals surface area contributed by atoms with E-state index >= 15 is 0 Å². The summed E-state index contributed by atoms with van der Waals surface area (Å²) in [7, 11) is 0. The molecule has 11 heavy (non-hydrogen) atoms. The lowest BCUT2D eigenvalue weighted by Gasteiger charge is -2.03. The number of aliphatic imine (C=N–C) groups is 1. The van der Waals surface area contributed by atoms with Crippen molar-refractivity contribution in [1.82, 2.24) is 0 Å². The summed E-state index contributed by atoms with van der Waals surface area (Å²) in [5.74, 6) is 0.861. The summed E-state index contributed by atoms with van der Waals surface area (Å²) < 4.78 is 0. The Morgan fingerprint density at radius 1 is 1.45 bits per heavy atom. The summed E-state index contributed by atoms with van der Waals surface area (Å²) in [5, 5.41) is 0. The second-order valence-corrected chi connectivity index (χ2v) is 3.31. The second kappa shape index (κ2) is 4.37. The smallest absolute Gasteiger partial charge is 0.0940 e. The van der Waals surface area contributed by atoms with E-state index in [0.717, 1.165) is 18.7 Å². The third kappa shape index (κ3) is 2.91. The number of amidine groups is 1. The molecule has 2 heteroatoms. The zero-order valence-corrected chi connectivity index (χ0v) is 7.34. The van der Waals surface area contributed by atoms with Gasteiger partial charge in [0.15, 0.2) is 0 Å². The third-order valence-corrected chi connectivity index (χ3v) is 2.18. The van der Waals surface area contributed by atoms with Crippen molar-refractivity contribution in [1.29, 1.82) is 0 Å². The van der Waals surface area contributed by atoms with E-state index in [-0.39, 0.29) is 0 Å². The number of hydrogen-bond donors (Lipinski definition) is 1. The zero-order chi connectivity index (χ0) is 8.10. The fourth-order valence-electron chi connectivity index (χ4n) is 1.59. The minimum Gasteiger partial charge on any atom is -0.387 e. The zero-order valence-electron chi connectivity index (χ0n) is 7.34. The Morgan fingerprint density at radius 3 is 2.64 bits per heavy atom. The van der Waals surface area contributed by atoms with Gasteiger partial charge in [0.25, 0.3) is 0 Å². The fourth-order valence-corrected chi connectivity index (χ4v) is 1.59. The van der Waals surface area contributed by atoms with E-state index in [1.165, 1.54) is 25.7 Å². The van der Waals surface area contributed by atoms with Crippen LogP contribution >= 0.6 is 0 Å². The molecule has 2 nitrogen and oxygen atoms in total. The van der Waals surface area contributed by atoms with E-state index < -0.39 is 0 Å². The van der Waals surface area contributed by atoms with Crippen LogP contribution in [0.1, 0.15) is 45.4 Å². The van der Waals surface area contributed by atoms with E-state index in [2.05, 4.69) is 11.9 Å². The Bertz CT molecular complexity index is 134. The van der Waals surface area contributed by atoms with Gasteiger partial charge in [0.1, 0.15) is 0 Å². The van der Waals surface area contributed by atoms with Crippen LogP contribution in [-0.4, -0.2) is 11.9 Å². The highest BCUT2D eigenvalue weighted by Gasteiger charge is 2.13. The topological polar surface area (TPSA) is 38.4 Å². The molecule has 1 fully saturated rings. The molecule has 1 aliphatic rings. The molecule has 0 aromatic rings. The maximum atomic E-state index is 5.71. The molecule has 0 amide bonds. The van der Waals surface area contributed by atoms with Gasteiger partial charge in [0.2, 0.25) is 0 Å². The lowest BCUT2D eigenvalue weighted by atomic mass is 10.2. The Labute approximate surface area is 68.9 Å². The summed E-state index contributed by atoms with van der Waals surface area (Å²) in [5.41, 5.74) is 5.71. The van der Waals surface area contributed by atoms with Crippen LogP contribution in [0.2, 0.25) is 0 Å². The number of nitrogens with two attached hydrogens (primary N) is 1. The van der Waals surface area contributed by atoms with Crippen LogP contribution in [0.5, 0.6) is 0 Å². The summed E-state index contributed by atoms with van der Waals surface area (Å²) in [6.07, 6.45) is 7.27. The van der Waals surface area contributed by atoms with Crippen LogP contribution in [0.4, 0.5) is 0 Å². The van der Waals surface area contributed by atoms with Crippen LogP contribution in [-0.2, 0) is 0 Å². The second-order valence-electron chi connectivity index (χ2n) is 3.31. The van der Waals surface area contributed by atoms with E-state index in [1.807, 2.05) is 0 Å². The molecular weight excluding hydrogens is 136 g/mol. The van der Waals surface area contributed by atoms with Crippen LogP contribution in [0.3, 0.4) is 0 Å². The summed E-state index contributed by atoms with van der Waals surface area (Å²) in [6.45, 7) is 2.14. The average Bonchev–Trinajstić information content (AvgIpc) is 2.40. The molecule has 1 rings (SSSR count). The normalized spacial score (nSPS) is 21.0. The molecule has 2 N–H and O–H groups in total. The molecule has 0 aromatic carbocycles. The van der Waals surface area contributed by atoms with E-state index in [0.29, 0.717) is 6.04 Å². The highest BCUT2D eigenvalue weighted by molar-refractivity contribution is 5.80. The maximum absolute atomic E-state index is 5.71. The SMILES string of the molecule is CCCC(N)=NC1CCCC1. The molecule has 64 valence electrons. The van der Waals surface area contributed by atoms with Gasteiger partial charge in [-0.25, -0.2) is 0 Å². The highest BCUT2D eigenvalue weighted by Crippen LogP contribution is 2.20. The van der Waals surface area contributed by atoms with Gasteiger partial charge in [-0.1, -0.05) is 19.8 Å². The Morgan fingerprint density at radius 2 is 2.09 bits per heavy atom. The first-order chi connectivity index (χ1) is 5.33. The monoisotopic (exact) mass is 154 g/mol. The van der Waals surface area contributed by atoms with Gasteiger partial charge < -0.3 is 5.73 Å². The van der Waals surface area contributed by atoms with Crippen molar-refractivity contribution in [3.63, 3.8) is 0 Å². The summed E-state index contributed by atoms with van der Waals surface area (Å²) >= 11 is 0. The predicted octanol–water partition coefficient (Wildman–Crippen LogP) is 2.09. The maximum Gasteiger partial charge on any atom is 0.0940 e. The minimum atomic E-state index is 0.557. The Hall–Kier alpha value is -0.530. The number of rotatable bonds is 3. The van der Waals surface area contributed by atoms with Gasteiger partial charge in [-0.3, -0.25) is 4.99 Å². The standard InChI is InChI=1S/C9H18N2/c1-2-5-9(10)11-8-6-3-4-7-8/h8H,2-7H2,1H3,(H2,10,11). The van der Waals surface area contributed by atoms with E-state index in [4.69, 9.17) is 5.73 Å². The van der Waals surface area contributed by atoms with Crippen molar-refractivity contribution in [2.75, 3.05) is 0 Å². The van der Waals surface area contributed by atoms with Crippen molar-refractivity contribution in [2.45, 2.75) is 51.5 Å². The number of hydrogen-bond acceptors (Lipinski definition) is 1. The largest absolute Gasteiger partial charge is 0.387 e. The summed E-state index contributed by atoms with van der Waals surface area (Å²) in [6, 6.07) is 0.557. The molecule has 0 atom stereocenters. The quantitative estimate of drug-likeness (QED) is 0.490. The first-order valence-electron chi connectivity index (χ1n) is 4.65. The minimum absolute atomic E-state index is 0.557.